The van der Waals surface area contributed by atoms with Gasteiger partial charge in [-0.1, -0.05) is 48.5 Å². The minimum atomic E-state index is -5.86. The highest BCUT2D eigenvalue weighted by molar-refractivity contribution is 7.52. The normalized spacial score (nSPS) is 13.5. The maximum absolute atomic E-state index is 14.0. The summed E-state index contributed by atoms with van der Waals surface area (Å²) >= 11 is 0. The van der Waals surface area contributed by atoms with E-state index in [1.807, 2.05) is 0 Å². The molecule has 0 saturated heterocycles. The summed E-state index contributed by atoms with van der Waals surface area (Å²) in [6, 6.07) is 8.19. The van der Waals surface area contributed by atoms with Crippen LogP contribution in [0.4, 0.5) is 17.6 Å². The van der Waals surface area contributed by atoms with E-state index in [9.17, 15) is 46.4 Å². The highest BCUT2D eigenvalue weighted by atomic mass is 31.2. The van der Waals surface area contributed by atoms with Gasteiger partial charge in [0.1, 0.15) is 23.1 Å². The number of fused-ring (bicyclic) bond motifs is 1. The number of H-pyrrole nitrogens is 1. The second-order valence-corrected chi connectivity index (χ2v) is 11.9. The van der Waals surface area contributed by atoms with Crippen LogP contribution in [0.1, 0.15) is 32.6 Å². The molecule has 7 N–H and O–H groups in total. The van der Waals surface area contributed by atoms with Crippen LogP contribution in [0.2, 0.25) is 0 Å². The Bertz CT molecular complexity index is 1860. The Morgan fingerprint density at radius 1 is 0.766 bits per heavy atom. The van der Waals surface area contributed by atoms with Gasteiger partial charge in [-0.05, 0) is 29.3 Å². The fourth-order valence-corrected chi connectivity index (χ4v) is 4.84. The van der Waals surface area contributed by atoms with Gasteiger partial charge in [-0.3, -0.25) is 14.2 Å². The summed E-state index contributed by atoms with van der Waals surface area (Å²) in [5.41, 5.74) is -5.35. The maximum atomic E-state index is 14.0. The molecule has 1 aromatic heterocycles. The van der Waals surface area contributed by atoms with Crippen LogP contribution < -0.4 is 10.6 Å². The molecule has 0 radical (unpaired) electrons. The summed E-state index contributed by atoms with van der Waals surface area (Å²) in [6.07, 6.45) is -0.855. The fraction of sp³-hybridized carbons (Fsp3) is 0.214. The quantitative estimate of drug-likeness (QED) is 0.0800. The van der Waals surface area contributed by atoms with Gasteiger partial charge >= 0.3 is 31.1 Å². The molecule has 0 spiro atoms. The monoisotopic (exact) mass is 681 g/mol. The van der Waals surface area contributed by atoms with Crippen molar-refractivity contribution in [2.75, 3.05) is 0 Å². The van der Waals surface area contributed by atoms with E-state index >= 15 is 0 Å². The molecule has 4 aromatic rings. The summed E-state index contributed by atoms with van der Waals surface area (Å²) in [6.45, 7) is 0. The lowest BCUT2D eigenvalue weighted by atomic mass is 10.00. The van der Waals surface area contributed by atoms with Crippen LogP contribution in [0.3, 0.4) is 0 Å². The number of hydrogen-bond acceptors (Lipinski definition) is 7. The van der Waals surface area contributed by atoms with Gasteiger partial charge in [0.15, 0.2) is 0 Å². The van der Waals surface area contributed by atoms with Gasteiger partial charge in [-0.2, -0.15) is 33.0 Å². The van der Waals surface area contributed by atoms with Gasteiger partial charge in [-0.15, -0.1) is 0 Å². The zero-order valence-corrected chi connectivity index (χ0v) is 24.5. The van der Waals surface area contributed by atoms with Crippen LogP contribution in [0.25, 0.3) is 11.0 Å². The number of nitrogens with zero attached hydrogens (tertiary/aromatic N) is 2. The van der Waals surface area contributed by atoms with Crippen LogP contribution >= 0.6 is 7.60 Å². The van der Waals surface area contributed by atoms with Gasteiger partial charge in [-0.25, -0.2) is 9.59 Å². The molecule has 0 fully saturated rings. The van der Waals surface area contributed by atoms with Crippen LogP contribution in [0, 0.1) is 0 Å². The summed E-state index contributed by atoms with van der Waals surface area (Å²) < 4.78 is 67.0. The maximum Gasteiger partial charge on any atom is 0.399 e. The average molecular weight is 681 g/mol. The van der Waals surface area contributed by atoms with Crippen LogP contribution in [-0.4, -0.2) is 71.2 Å². The highest BCUT2D eigenvalue weighted by Gasteiger charge is 2.50. The molecule has 0 aliphatic heterocycles. The zero-order chi connectivity index (χ0) is 34.7. The van der Waals surface area contributed by atoms with Crippen molar-refractivity contribution in [3.63, 3.8) is 0 Å². The molecule has 0 saturated carbocycles. The van der Waals surface area contributed by atoms with Gasteiger partial charge in [0, 0.05) is 29.5 Å². The van der Waals surface area contributed by atoms with Crippen molar-refractivity contribution in [3.05, 3.63) is 94.5 Å². The van der Waals surface area contributed by atoms with Crippen molar-refractivity contribution >= 4 is 42.4 Å². The van der Waals surface area contributed by atoms with Crippen molar-refractivity contribution in [2.45, 2.75) is 36.5 Å². The molecule has 0 bridgehead atoms. The lowest BCUT2D eigenvalue weighted by molar-refractivity contribution is -0.166. The second-order valence-electron chi connectivity index (χ2n) is 10.2. The summed E-state index contributed by atoms with van der Waals surface area (Å²) in [5, 5.41) is 33.3. The number of nitrogens with one attached hydrogen (secondary N) is 3. The predicted octanol–water partition coefficient (Wildman–Crippen LogP) is 2.51. The second kappa shape index (κ2) is 13.3. The first-order chi connectivity index (χ1) is 21.9. The number of carbonyl (C=O) groups is 4. The number of halogens is 4. The minimum absolute atomic E-state index is 0.0302. The van der Waals surface area contributed by atoms with Crippen molar-refractivity contribution in [2.24, 2.45) is 0 Å². The SMILES string of the molecule is O=C(NC(Cc1ccc(C(F)(F)C(=O)O)cc1)C(=O)NC(Cc1ccc(C(F)(F)P(=O)(O)O)cc1)C(=O)O)c1ccc2n[nH]nc2c1. The number of aliphatic carboxylic acids is 2. The lowest BCUT2D eigenvalue weighted by Crippen LogP contribution is -2.53. The van der Waals surface area contributed by atoms with E-state index in [0.717, 1.165) is 36.4 Å². The molecular weight excluding hydrogens is 657 g/mol. The Morgan fingerprint density at radius 3 is 1.83 bits per heavy atom. The van der Waals surface area contributed by atoms with Crippen LogP contribution in [0.15, 0.2) is 66.7 Å². The number of hydrogen-bond donors (Lipinski definition) is 7. The van der Waals surface area contributed by atoms with Crippen LogP contribution in [-0.2, 0) is 43.4 Å². The van der Waals surface area contributed by atoms with Crippen molar-refractivity contribution in [1.29, 1.82) is 0 Å². The van der Waals surface area contributed by atoms with E-state index in [0.29, 0.717) is 23.2 Å². The van der Waals surface area contributed by atoms with Crippen molar-refractivity contribution in [3.8, 4) is 0 Å². The third-order valence-corrected chi connectivity index (χ3v) is 7.94. The van der Waals surface area contributed by atoms with E-state index in [1.54, 1.807) is 0 Å². The molecule has 0 aliphatic rings. The number of carbonyl (C=O) groups excluding carboxylic acids is 2. The van der Waals surface area contributed by atoms with E-state index in [1.165, 1.54) is 18.2 Å². The third-order valence-electron chi connectivity index (χ3n) is 6.95. The molecule has 1 heterocycles. The molecule has 14 nitrogen and oxygen atoms in total. The van der Waals surface area contributed by atoms with E-state index in [-0.39, 0.29) is 23.1 Å². The number of carboxylic acids is 2. The smallest absolute Gasteiger partial charge is 0.399 e. The predicted molar refractivity (Wildman–Crippen MR) is 152 cm³/mol. The third kappa shape index (κ3) is 7.79. The molecule has 3 aromatic carbocycles. The molecule has 19 heteroatoms. The first kappa shape index (κ1) is 34.7. The summed E-state index contributed by atoms with van der Waals surface area (Å²) in [4.78, 5) is 67.3. The van der Waals surface area contributed by atoms with Gasteiger partial charge < -0.3 is 30.6 Å². The van der Waals surface area contributed by atoms with Crippen molar-refractivity contribution < 1.29 is 61.3 Å². The average Bonchev–Trinajstić information content (AvgIpc) is 3.48. The molecule has 2 atom stereocenters. The number of rotatable bonds is 13. The summed E-state index contributed by atoms with van der Waals surface area (Å²) in [7, 11) is -5.86. The summed E-state index contributed by atoms with van der Waals surface area (Å²) in [5.74, 6) is -10.0. The number of aromatic nitrogens is 3. The van der Waals surface area contributed by atoms with Crippen molar-refractivity contribution in [1.82, 2.24) is 26.0 Å². The number of carboxylic acid groups (broad SMARTS) is 2. The Kier molecular flexibility index (Phi) is 9.79. The van der Waals surface area contributed by atoms with Crippen LogP contribution in [0.5, 0.6) is 0 Å². The standard InChI is InChI=1S/C28H24F4N5O9P/c29-27(30,26(42)43)17-6-1-14(2-7-17)11-21(33-23(38)16-5-10-19-20(13-16)36-37-35-19)24(39)34-22(25(40)41)12-15-3-8-18(9-4-15)28(31,32)47(44,45)46/h1-10,13,21-22H,11-12H2,(H,33,38)(H,34,39)(H,40,41)(H,42,43)(H,35,36,37)(H2,44,45,46). The van der Waals surface area contributed by atoms with Gasteiger partial charge in [0.05, 0.1) is 0 Å². The van der Waals surface area contributed by atoms with Gasteiger partial charge in [0.25, 0.3) is 5.91 Å². The van der Waals surface area contributed by atoms with E-state index in [4.69, 9.17) is 14.9 Å². The zero-order valence-electron chi connectivity index (χ0n) is 23.6. The first-order valence-electron chi connectivity index (χ1n) is 13.3. The molecule has 4 rings (SSSR count). The first-order valence-corrected chi connectivity index (χ1v) is 14.9. The Balaban J connectivity index is 1.57. The lowest BCUT2D eigenvalue weighted by Gasteiger charge is -2.22. The number of amides is 2. The largest absolute Gasteiger partial charge is 0.480 e. The van der Waals surface area contributed by atoms with E-state index in [2.05, 4.69) is 26.0 Å². The van der Waals surface area contributed by atoms with E-state index < -0.39 is 72.6 Å². The van der Waals surface area contributed by atoms with Gasteiger partial charge in [0.2, 0.25) is 5.91 Å². The number of aromatic amines is 1. The Morgan fingerprint density at radius 2 is 1.30 bits per heavy atom. The number of benzene rings is 3. The fourth-order valence-electron chi connectivity index (χ4n) is 4.36. The molecule has 47 heavy (non-hydrogen) atoms. The molecule has 0 aliphatic carbocycles. The molecule has 248 valence electrons. The topological polar surface area (TPSA) is 232 Å². The Labute approximate surface area is 261 Å². The highest BCUT2D eigenvalue weighted by Crippen LogP contribution is 2.59. The molecule has 2 amide bonds. The molecule has 2 unspecified atom stereocenters. The minimum Gasteiger partial charge on any atom is -0.480 e. The number of alkyl halides is 4. The Hall–Kier alpha value is -5.19. The molecular formula is C28H24F4N5O9P.